The van der Waals surface area contributed by atoms with Crippen molar-refractivity contribution in [2.45, 2.75) is 37.8 Å². The van der Waals surface area contributed by atoms with E-state index < -0.39 is 0 Å². The summed E-state index contributed by atoms with van der Waals surface area (Å²) in [5.74, 6) is 1.46. The Balaban J connectivity index is 1.20. The molecule has 4 nitrogen and oxygen atoms in total. The lowest BCUT2D eigenvalue weighted by Gasteiger charge is -2.27. The highest BCUT2D eigenvalue weighted by Crippen LogP contribution is 2.32. The first-order chi connectivity index (χ1) is 10.8. The van der Waals surface area contributed by atoms with Gasteiger partial charge in [0.1, 0.15) is 5.75 Å². The van der Waals surface area contributed by atoms with Crippen LogP contribution in [0.15, 0.2) is 24.3 Å². The number of rotatable bonds is 7. The molecule has 118 valence electrons. The number of carbonyl (C=O) groups excluding carboxylic acids is 1. The van der Waals surface area contributed by atoms with Crippen LogP contribution in [0.5, 0.6) is 5.75 Å². The van der Waals surface area contributed by atoms with E-state index in [4.69, 9.17) is 4.74 Å². The molecule has 1 aromatic carbocycles. The van der Waals surface area contributed by atoms with E-state index in [1.807, 2.05) is 24.3 Å². The van der Waals surface area contributed by atoms with Gasteiger partial charge in [0.15, 0.2) is 5.78 Å². The molecule has 4 rings (SSSR count). The number of nitrogens with zero attached hydrogens (tertiary/aromatic N) is 1. The van der Waals surface area contributed by atoms with Crippen molar-refractivity contribution in [3.05, 3.63) is 29.8 Å². The lowest BCUT2D eigenvalue weighted by molar-refractivity contribution is 0.0967. The summed E-state index contributed by atoms with van der Waals surface area (Å²) in [5.41, 5.74) is 0.829. The number of benzene rings is 1. The third kappa shape index (κ3) is 3.03. The van der Waals surface area contributed by atoms with Crippen LogP contribution in [0.4, 0.5) is 0 Å². The van der Waals surface area contributed by atoms with Gasteiger partial charge in [-0.15, -0.1) is 0 Å². The minimum atomic E-state index is 0.289. The Kier molecular flexibility index (Phi) is 3.89. The van der Waals surface area contributed by atoms with Crippen LogP contribution in [0.2, 0.25) is 0 Å². The second-order valence-corrected chi connectivity index (χ2v) is 6.85. The Bertz CT molecular complexity index is 539. The molecule has 4 heteroatoms. The van der Waals surface area contributed by atoms with Crippen LogP contribution < -0.4 is 10.1 Å². The van der Waals surface area contributed by atoms with Crippen LogP contribution in [0.25, 0.3) is 0 Å². The van der Waals surface area contributed by atoms with Gasteiger partial charge in [0.2, 0.25) is 0 Å². The molecule has 22 heavy (non-hydrogen) atoms. The van der Waals surface area contributed by atoms with Gasteiger partial charge in [-0.1, -0.05) is 0 Å². The van der Waals surface area contributed by atoms with E-state index >= 15 is 0 Å². The third-order valence-corrected chi connectivity index (χ3v) is 5.12. The molecule has 0 unspecified atom stereocenters. The van der Waals surface area contributed by atoms with Gasteiger partial charge in [-0.2, -0.15) is 0 Å². The van der Waals surface area contributed by atoms with E-state index in [1.54, 1.807) is 0 Å². The number of likely N-dealkylation sites (tertiary alicyclic amines) is 1. The summed E-state index contributed by atoms with van der Waals surface area (Å²) in [6.45, 7) is 4.23. The zero-order chi connectivity index (χ0) is 14.9. The van der Waals surface area contributed by atoms with Crippen molar-refractivity contribution >= 4 is 5.78 Å². The average molecular weight is 300 g/mol. The lowest BCUT2D eigenvalue weighted by Crippen LogP contribution is -2.44. The third-order valence-electron chi connectivity index (χ3n) is 5.12. The number of carbonyl (C=O) groups is 1. The number of ketones is 1. The molecule has 3 aliphatic rings. The number of hydrogen-bond donors (Lipinski definition) is 1. The van der Waals surface area contributed by atoms with Crippen LogP contribution in [-0.2, 0) is 0 Å². The maximum absolute atomic E-state index is 11.9. The van der Waals surface area contributed by atoms with Crippen molar-refractivity contribution in [3.63, 3.8) is 0 Å². The number of fused-ring (bicyclic) bond motifs is 2. The van der Waals surface area contributed by atoms with E-state index in [1.165, 1.54) is 13.0 Å². The standard InChI is InChI=1S/C18H24N2O2/c21-18(13-2-3-13)14-4-6-17(7-5-14)22-9-1-8-20-12-15-10-16(20)11-19-15/h4-7,13,15-16,19H,1-3,8-12H2/t15-,16-/m1/s1. The van der Waals surface area contributed by atoms with Crippen LogP contribution in [-0.4, -0.2) is 49.0 Å². The molecule has 3 fully saturated rings. The molecular weight excluding hydrogens is 276 g/mol. The first-order valence-electron chi connectivity index (χ1n) is 8.54. The zero-order valence-corrected chi connectivity index (χ0v) is 13.0. The summed E-state index contributed by atoms with van der Waals surface area (Å²) in [5, 5.41) is 3.53. The molecule has 1 aliphatic carbocycles. The number of ether oxygens (including phenoxy) is 1. The molecule has 1 saturated carbocycles. The van der Waals surface area contributed by atoms with Gasteiger partial charge in [-0.25, -0.2) is 0 Å². The van der Waals surface area contributed by atoms with E-state index in [9.17, 15) is 4.79 Å². The summed E-state index contributed by atoms with van der Waals surface area (Å²) in [6.07, 6.45) is 4.50. The number of Topliss-reactive ketones (excluding diaryl/α,β-unsaturated/α-hetero) is 1. The average Bonchev–Trinajstić information content (AvgIpc) is 3.20. The highest BCUT2D eigenvalue weighted by molar-refractivity contribution is 5.99. The molecule has 2 heterocycles. The normalized spacial score (nSPS) is 27.3. The molecule has 1 aromatic rings. The molecule has 2 bridgehead atoms. The van der Waals surface area contributed by atoms with Gasteiger partial charge in [0.25, 0.3) is 0 Å². The SMILES string of the molecule is O=C(c1ccc(OCCCN2C[C@H]3C[C@@H]2CN3)cc1)C1CC1. The molecule has 0 amide bonds. The fourth-order valence-electron chi connectivity index (χ4n) is 3.68. The Morgan fingerprint density at radius 1 is 1.27 bits per heavy atom. The van der Waals surface area contributed by atoms with E-state index in [2.05, 4.69) is 10.2 Å². The van der Waals surface area contributed by atoms with Crippen molar-refractivity contribution in [3.8, 4) is 5.75 Å². The van der Waals surface area contributed by atoms with Crippen LogP contribution in [0.1, 0.15) is 36.0 Å². The Labute approximate surface area is 131 Å². The molecule has 1 N–H and O–H groups in total. The summed E-state index contributed by atoms with van der Waals surface area (Å²) in [7, 11) is 0. The first kappa shape index (κ1) is 14.2. The molecule has 2 saturated heterocycles. The van der Waals surface area contributed by atoms with E-state index in [0.717, 1.165) is 62.4 Å². The Morgan fingerprint density at radius 3 is 2.73 bits per heavy atom. The van der Waals surface area contributed by atoms with Gasteiger partial charge in [0, 0.05) is 43.2 Å². The smallest absolute Gasteiger partial charge is 0.165 e. The van der Waals surface area contributed by atoms with Crippen LogP contribution in [0.3, 0.4) is 0 Å². The van der Waals surface area contributed by atoms with E-state index in [0.29, 0.717) is 5.78 Å². The van der Waals surface area contributed by atoms with Gasteiger partial charge in [-0.05, 0) is 49.9 Å². The summed E-state index contributed by atoms with van der Waals surface area (Å²) < 4.78 is 5.80. The van der Waals surface area contributed by atoms with Crippen molar-refractivity contribution in [1.82, 2.24) is 10.2 Å². The number of nitrogens with one attached hydrogen (secondary N) is 1. The fourth-order valence-corrected chi connectivity index (χ4v) is 3.68. The summed E-state index contributed by atoms with van der Waals surface area (Å²) in [6, 6.07) is 9.14. The molecule has 0 spiro atoms. The van der Waals surface area contributed by atoms with Gasteiger partial charge >= 0.3 is 0 Å². The van der Waals surface area contributed by atoms with Crippen LogP contribution in [0, 0.1) is 5.92 Å². The zero-order valence-electron chi connectivity index (χ0n) is 13.0. The fraction of sp³-hybridized carbons (Fsp3) is 0.611. The minimum Gasteiger partial charge on any atom is -0.494 e. The quantitative estimate of drug-likeness (QED) is 0.618. The topological polar surface area (TPSA) is 41.6 Å². The maximum atomic E-state index is 11.9. The van der Waals surface area contributed by atoms with Crippen molar-refractivity contribution in [1.29, 1.82) is 0 Å². The maximum Gasteiger partial charge on any atom is 0.165 e. The lowest BCUT2D eigenvalue weighted by atomic mass is 10.1. The van der Waals surface area contributed by atoms with Gasteiger partial charge in [-0.3, -0.25) is 9.69 Å². The predicted octanol–water partition coefficient (Wildman–Crippen LogP) is 2.09. The largest absolute Gasteiger partial charge is 0.494 e. The summed E-state index contributed by atoms with van der Waals surface area (Å²) >= 11 is 0. The molecular formula is C18H24N2O2. The predicted molar refractivity (Wildman–Crippen MR) is 85.4 cm³/mol. The Hall–Kier alpha value is -1.39. The molecule has 2 atom stereocenters. The number of hydrogen-bond acceptors (Lipinski definition) is 4. The molecule has 0 aromatic heterocycles. The van der Waals surface area contributed by atoms with E-state index in [-0.39, 0.29) is 5.92 Å². The monoisotopic (exact) mass is 300 g/mol. The molecule has 0 radical (unpaired) electrons. The van der Waals surface area contributed by atoms with Crippen molar-refractivity contribution in [2.24, 2.45) is 5.92 Å². The summed E-state index contributed by atoms with van der Waals surface area (Å²) in [4.78, 5) is 14.5. The second kappa shape index (κ2) is 6.01. The van der Waals surface area contributed by atoms with Gasteiger partial charge < -0.3 is 10.1 Å². The van der Waals surface area contributed by atoms with Gasteiger partial charge in [0.05, 0.1) is 6.61 Å². The van der Waals surface area contributed by atoms with Crippen molar-refractivity contribution < 1.29 is 9.53 Å². The second-order valence-electron chi connectivity index (χ2n) is 6.85. The minimum absolute atomic E-state index is 0.289. The Morgan fingerprint density at radius 2 is 2.09 bits per heavy atom. The van der Waals surface area contributed by atoms with Crippen LogP contribution >= 0.6 is 0 Å². The highest BCUT2D eigenvalue weighted by Gasteiger charge is 2.36. The molecule has 2 aliphatic heterocycles. The highest BCUT2D eigenvalue weighted by atomic mass is 16.5. The first-order valence-corrected chi connectivity index (χ1v) is 8.54. The number of piperazine rings is 1. The van der Waals surface area contributed by atoms with Crippen molar-refractivity contribution in [2.75, 3.05) is 26.2 Å².